The van der Waals surface area contributed by atoms with Gasteiger partial charge in [-0.15, -0.1) is 0 Å². The molecule has 1 aromatic rings. The van der Waals surface area contributed by atoms with E-state index in [1.807, 2.05) is 4.90 Å². The first-order chi connectivity index (χ1) is 8.25. The molecule has 0 radical (unpaired) electrons. The quantitative estimate of drug-likeness (QED) is 0.799. The van der Waals surface area contributed by atoms with E-state index in [-0.39, 0.29) is 17.8 Å². The number of fused-ring (bicyclic) bond motifs is 1. The van der Waals surface area contributed by atoms with Crippen LogP contribution in [0.25, 0.3) is 0 Å². The van der Waals surface area contributed by atoms with Crippen molar-refractivity contribution in [2.75, 3.05) is 13.1 Å². The Hall–Kier alpha value is -1.42. The Labute approximate surface area is 99.6 Å². The van der Waals surface area contributed by atoms with Crippen LogP contribution in [-0.4, -0.2) is 29.9 Å². The Kier molecular flexibility index (Phi) is 2.59. The van der Waals surface area contributed by atoms with Gasteiger partial charge in [0.25, 0.3) is 5.91 Å². The summed E-state index contributed by atoms with van der Waals surface area (Å²) in [5.41, 5.74) is 1.48. The summed E-state index contributed by atoms with van der Waals surface area (Å²) in [5, 5.41) is 3.30. The third-order valence-electron chi connectivity index (χ3n) is 3.62. The molecule has 3 rings (SSSR count). The van der Waals surface area contributed by atoms with Crippen molar-refractivity contribution in [3.63, 3.8) is 0 Å². The first-order valence-electron chi connectivity index (χ1n) is 6.06. The Morgan fingerprint density at radius 3 is 3.06 bits per heavy atom. The Morgan fingerprint density at radius 1 is 1.41 bits per heavy atom. The van der Waals surface area contributed by atoms with Crippen molar-refractivity contribution >= 4 is 5.91 Å². The van der Waals surface area contributed by atoms with Gasteiger partial charge in [-0.1, -0.05) is 6.07 Å². The lowest BCUT2D eigenvalue weighted by Gasteiger charge is -2.31. The minimum atomic E-state index is -0.333. The summed E-state index contributed by atoms with van der Waals surface area (Å²) in [4.78, 5) is 14.1. The molecule has 0 bridgehead atoms. The molecule has 90 valence electrons. The molecule has 1 amide bonds. The highest BCUT2D eigenvalue weighted by atomic mass is 19.1. The van der Waals surface area contributed by atoms with Gasteiger partial charge >= 0.3 is 0 Å². The number of benzene rings is 1. The Bertz CT molecular complexity index is 455. The fourth-order valence-electron chi connectivity index (χ4n) is 2.69. The zero-order valence-electron chi connectivity index (χ0n) is 9.58. The highest BCUT2D eigenvalue weighted by Gasteiger charge is 2.33. The topological polar surface area (TPSA) is 32.3 Å². The molecule has 0 aromatic heterocycles. The smallest absolute Gasteiger partial charge is 0.254 e. The van der Waals surface area contributed by atoms with Gasteiger partial charge in [0.15, 0.2) is 0 Å². The van der Waals surface area contributed by atoms with Gasteiger partial charge in [-0.2, -0.15) is 0 Å². The molecular formula is C13H15FN2O. The number of carbonyl (C=O) groups excluding carboxylic acids is 1. The van der Waals surface area contributed by atoms with Crippen LogP contribution >= 0.6 is 0 Å². The molecule has 3 nitrogen and oxygen atoms in total. The van der Waals surface area contributed by atoms with E-state index in [0.717, 1.165) is 31.5 Å². The van der Waals surface area contributed by atoms with Gasteiger partial charge in [0.2, 0.25) is 0 Å². The van der Waals surface area contributed by atoms with Gasteiger partial charge < -0.3 is 10.2 Å². The first-order valence-corrected chi connectivity index (χ1v) is 6.06. The van der Waals surface area contributed by atoms with Gasteiger partial charge in [-0.05, 0) is 37.1 Å². The molecule has 2 aliphatic heterocycles. The number of carbonyl (C=O) groups is 1. The summed E-state index contributed by atoms with van der Waals surface area (Å²) < 4.78 is 13.1. The molecule has 1 saturated heterocycles. The van der Waals surface area contributed by atoms with Crippen LogP contribution < -0.4 is 5.32 Å². The molecule has 2 heterocycles. The molecule has 1 fully saturated rings. The predicted octanol–water partition coefficient (Wildman–Crippen LogP) is 1.53. The lowest BCUT2D eigenvalue weighted by Crippen LogP contribution is -2.46. The lowest BCUT2D eigenvalue weighted by atomic mass is 10.1. The van der Waals surface area contributed by atoms with Crippen molar-refractivity contribution in [3.05, 3.63) is 35.1 Å². The maximum Gasteiger partial charge on any atom is 0.254 e. The standard InChI is InChI=1S/C13H15FN2O/c14-10-4-3-9-8-16(13(17)12(9)6-10)11-2-1-5-15-7-11/h3-4,6,11,15H,1-2,5,7-8H2/t11-/m0/s1. The second-order valence-electron chi connectivity index (χ2n) is 4.73. The maximum atomic E-state index is 13.1. The largest absolute Gasteiger partial charge is 0.330 e. The number of halogens is 1. The number of piperidine rings is 1. The monoisotopic (exact) mass is 234 g/mol. The van der Waals surface area contributed by atoms with Gasteiger partial charge in [0, 0.05) is 24.7 Å². The van der Waals surface area contributed by atoms with Crippen molar-refractivity contribution in [1.29, 1.82) is 0 Å². The van der Waals surface area contributed by atoms with Crippen molar-refractivity contribution in [2.24, 2.45) is 0 Å². The SMILES string of the molecule is O=C1c2cc(F)ccc2CN1[C@H]1CCCNC1. The summed E-state index contributed by atoms with van der Waals surface area (Å²) in [5.74, 6) is -0.353. The maximum absolute atomic E-state index is 13.1. The fraction of sp³-hybridized carbons (Fsp3) is 0.462. The van der Waals surface area contributed by atoms with E-state index in [4.69, 9.17) is 0 Å². The average molecular weight is 234 g/mol. The molecule has 4 heteroatoms. The van der Waals surface area contributed by atoms with Crippen molar-refractivity contribution in [2.45, 2.75) is 25.4 Å². The van der Waals surface area contributed by atoms with E-state index in [2.05, 4.69) is 5.32 Å². The third kappa shape index (κ3) is 1.82. The van der Waals surface area contributed by atoms with Crippen molar-refractivity contribution in [3.8, 4) is 0 Å². The molecule has 1 N–H and O–H groups in total. The highest BCUT2D eigenvalue weighted by Crippen LogP contribution is 2.27. The number of nitrogens with zero attached hydrogens (tertiary/aromatic N) is 1. The normalized spacial score (nSPS) is 23.9. The third-order valence-corrected chi connectivity index (χ3v) is 3.62. The number of hydrogen-bond donors (Lipinski definition) is 1. The summed E-state index contributed by atoms with van der Waals surface area (Å²) in [6.07, 6.45) is 2.13. The molecule has 17 heavy (non-hydrogen) atoms. The predicted molar refractivity (Wildman–Crippen MR) is 62.2 cm³/mol. The van der Waals surface area contributed by atoms with Crippen LogP contribution in [0.15, 0.2) is 18.2 Å². The Balaban J connectivity index is 1.85. The molecule has 0 saturated carbocycles. The summed E-state index contributed by atoms with van der Waals surface area (Å²) >= 11 is 0. The van der Waals surface area contributed by atoms with E-state index in [9.17, 15) is 9.18 Å². The number of hydrogen-bond acceptors (Lipinski definition) is 2. The molecule has 2 aliphatic rings. The molecule has 0 spiro atoms. The van der Waals surface area contributed by atoms with E-state index < -0.39 is 0 Å². The minimum Gasteiger partial charge on any atom is -0.330 e. The van der Waals surface area contributed by atoms with Gasteiger partial charge in [-0.25, -0.2) is 4.39 Å². The van der Waals surface area contributed by atoms with Crippen LogP contribution in [0, 0.1) is 5.82 Å². The van der Waals surface area contributed by atoms with Crippen LogP contribution in [-0.2, 0) is 6.54 Å². The van der Waals surface area contributed by atoms with Gasteiger partial charge in [0.05, 0.1) is 0 Å². The lowest BCUT2D eigenvalue weighted by molar-refractivity contribution is 0.0674. The summed E-state index contributed by atoms with van der Waals surface area (Å²) in [6, 6.07) is 4.76. The Morgan fingerprint density at radius 2 is 2.29 bits per heavy atom. The number of nitrogens with one attached hydrogen (secondary N) is 1. The van der Waals surface area contributed by atoms with Crippen LogP contribution in [0.3, 0.4) is 0 Å². The molecule has 0 unspecified atom stereocenters. The van der Waals surface area contributed by atoms with Gasteiger partial charge in [-0.3, -0.25) is 4.79 Å². The minimum absolute atomic E-state index is 0.0202. The molecule has 0 aliphatic carbocycles. The second-order valence-corrected chi connectivity index (χ2v) is 4.73. The zero-order valence-corrected chi connectivity index (χ0v) is 9.58. The second kappa shape index (κ2) is 4.11. The van der Waals surface area contributed by atoms with Crippen molar-refractivity contribution in [1.82, 2.24) is 10.2 Å². The molecular weight excluding hydrogens is 219 g/mol. The van der Waals surface area contributed by atoms with E-state index in [1.165, 1.54) is 12.1 Å². The van der Waals surface area contributed by atoms with E-state index >= 15 is 0 Å². The van der Waals surface area contributed by atoms with E-state index in [1.54, 1.807) is 6.07 Å². The van der Waals surface area contributed by atoms with Crippen LogP contribution in [0.2, 0.25) is 0 Å². The zero-order chi connectivity index (χ0) is 11.8. The van der Waals surface area contributed by atoms with Crippen LogP contribution in [0.1, 0.15) is 28.8 Å². The van der Waals surface area contributed by atoms with Crippen LogP contribution in [0.5, 0.6) is 0 Å². The summed E-state index contributed by atoms with van der Waals surface area (Å²) in [6.45, 7) is 2.50. The summed E-state index contributed by atoms with van der Waals surface area (Å²) in [7, 11) is 0. The first kappa shape index (κ1) is 10.7. The average Bonchev–Trinajstić information content (AvgIpc) is 2.68. The van der Waals surface area contributed by atoms with Gasteiger partial charge in [0.1, 0.15) is 5.82 Å². The number of amides is 1. The highest BCUT2D eigenvalue weighted by molar-refractivity contribution is 5.98. The fourth-order valence-corrected chi connectivity index (χ4v) is 2.69. The molecule has 1 atom stereocenters. The molecule has 1 aromatic carbocycles. The van der Waals surface area contributed by atoms with Crippen LogP contribution in [0.4, 0.5) is 4.39 Å². The van der Waals surface area contributed by atoms with E-state index in [0.29, 0.717) is 12.1 Å². The number of rotatable bonds is 1. The van der Waals surface area contributed by atoms with Crippen molar-refractivity contribution < 1.29 is 9.18 Å².